The summed E-state index contributed by atoms with van der Waals surface area (Å²) in [5, 5.41) is 3.44. The van der Waals surface area contributed by atoms with Gasteiger partial charge in [0.2, 0.25) is 11.8 Å². The lowest BCUT2D eigenvalue weighted by atomic mass is 9.95. The maximum atomic E-state index is 11.2. The lowest BCUT2D eigenvalue weighted by Crippen LogP contribution is -2.46. The van der Waals surface area contributed by atoms with Crippen molar-refractivity contribution >= 4 is 11.9 Å². The fourth-order valence-corrected chi connectivity index (χ4v) is 4.20. The van der Waals surface area contributed by atoms with Crippen LogP contribution in [-0.4, -0.2) is 48.0 Å². The van der Waals surface area contributed by atoms with Crippen molar-refractivity contribution in [1.29, 1.82) is 0 Å². The summed E-state index contributed by atoms with van der Waals surface area (Å²) in [6.07, 6.45) is 10.7. The van der Waals surface area contributed by atoms with E-state index in [0.29, 0.717) is 30.9 Å². The number of guanidine groups is 1. The normalized spacial score (nSPS) is 21.4. The van der Waals surface area contributed by atoms with E-state index < -0.39 is 0 Å². The number of aromatic nitrogens is 1. The Morgan fingerprint density at radius 1 is 1.32 bits per heavy atom. The Labute approximate surface area is 167 Å². The predicted molar refractivity (Wildman–Crippen MR) is 110 cm³/mol. The van der Waals surface area contributed by atoms with E-state index in [1.165, 1.54) is 19.3 Å². The highest BCUT2D eigenvalue weighted by molar-refractivity contribution is 5.80. The summed E-state index contributed by atoms with van der Waals surface area (Å²) in [6, 6.07) is 4.01. The van der Waals surface area contributed by atoms with Crippen molar-refractivity contribution in [2.45, 2.75) is 64.0 Å². The molecule has 1 aromatic rings. The van der Waals surface area contributed by atoms with Crippen LogP contribution in [0.3, 0.4) is 0 Å². The first-order valence-corrected chi connectivity index (χ1v) is 10.5. The Morgan fingerprint density at radius 2 is 2.14 bits per heavy atom. The van der Waals surface area contributed by atoms with Gasteiger partial charge in [-0.05, 0) is 56.1 Å². The number of pyridine rings is 1. The third kappa shape index (κ3) is 6.11. The molecule has 0 bridgehead atoms. The average molecular weight is 388 g/mol. The van der Waals surface area contributed by atoms with Crippen LogP contribution >= 0.6 is 0 Å². The number of rotatable bonds is 6. The fraction of sp³-hybridized carbons (Fsp3) is 0.667. The Morgan fingerprint density at radius 3 is 2.89 bits per heavy atom. The molecule has 1 saturated carbocycles. The van der Waals surface area contributed by atoms with Crippen LogP contribution in [-0.2, 0) is 11.3 Å². The molecule has 2 heterocycles. The van der Waals surface area contributed by atoms with Crippen molar-refractivity contribution in [1.82, 2.24) is 15.2 Å². The molecule has 1 amide bonds. The molecule has 1 aliphatic heterocycles. The van der Waals surface area contributed by atoms with E-state index in [0.717, 1.165) is 50.3 Å². The van der Waals surface area contributed by atoms with Crippen molar-refractivity contribution < 1.29 is 9.53 Å². The van der Waals surface area contributed by atoms with Gasteiger partial charge in [-0.15, -0.1) is 0 Å². The number of piperidine rings is 1. The van der Waals surface area contributed by atoms with E-state index in [2.05, 4.69) is 20.2 Å². The van der Waals surface area contributed by atoms with Gasteiger partial charge in [0.05, 0.1) is 0 Å². The zero-order valence-electron chi connectivity index (χ0n) is 16.9. The van der Waals surface area contributed by atoms with Crippen molar-refractivity contribution in [3.05, 3.63) is 23.9 Å². The summed E-state index contributed by atoms with van der Waals surface area (Å²) in [4.78, 5) is 22.3. The van der Waals surface area contributed by atoms with E-state index in [1.807, 2.05) is 18.3 Å². The molecule has 7 heteroatoms. The second-order valence-corrected chi connectivity index (χ2v) is 7.91. The quantitative estimate of drug-likeness (QED) is 0.578. The molecule has 2 aliphatic rings. The summed E-state index contributed by atoms with van der Waals surface area (Å²) in [5.41, 5.74) is 6.49. The molecule has 3 N–H and O–H groups in total. The SMILES string of the molecule is CN=C(NCc1ccnc(OC2CCCCC2)c1)N1CCCC(CC(N)=O)C1. The highest BCUT2D eigenvalue weighted by Crippen LogP contribution is 2.23. The second-order valence-electron chi connectivity index (χ2n) is 7.91. The monoisotopic (exact) mass is 387 g/mol. The van der Waals surface area contributed by atoms with Crippen molar-refractivity contribution in [2.75, 3.05) is 20.1 Å². The van der Waals surface area contributed by atoms with Crippen LogP contribution in [0.5, 0.6) is 5.88 Å². The van der Waals surface area contributed by atoms with Crippen LogP contribution in [0, 0.1) is 5.92 Å². The molecule has 0 spiro atoms. The standard InChI is InChI=1S/C21H33N5O2/c1-23-21(26-11-5-6-17(15-26)12-19(22)27)25-14-16-9-10-24-20(13-16)28-18-7-3-2-4-8-18/h9-10,13,17-18H,2-8,11-12,14-15H2,1H3,(H2,22,27)(H,23,25). The van der Waals surface area contributed by atoms with Gasteiger partial charge < -0.3 is 20.7 Å². The van der Waals surface area contributed by atoms with Gasteiger partial charge >= 0.3 is 0 Å². The number of carbonyl (C=O) groups is 1. The smallest absolute Gasteiger partial charge is 0.217 e. The van der Waals surface area contributed by atoms with Gasteiger partial charge in [0.15, 0.2) is 5.96 Å². The third-order valence-electron chi connectivity index (χ3n) is 5.61. The zero-order valence-corrected chi connectivity index (χ0v) is 16.9. The van der Waals surface area contributed by atoms with Gasteiger partial charge in [0, 0.05) is 45.4 Å². The first-order chi connectivity index (χ1) is 13.6. The first kappa shape index (κ1) is 20.4. The minimum atomic E-state index is -0.225. The number of nitrogens with two attached hydrogens (primary N) is 1. The number of primary amides is 1. The molecule has 1 aromatic heterocycles. The van der Waals surface area contributed by atoms with E-state index >= 15 is 0 Å². The Kier molecular flexibility index (Phi) is 7.51. The predicted octanol–water partition coefficient (Wildman–Crippen LogP) is 2.46. The first-order valence-electron chi connectivity index (χ1n) is 10.5. The maximum absolute atomic E-state index is 11.2. The van der Waals surface area contributed by atoms with Gasteiger partial charge in [-0.1, -0.05) is 6.42 Å². The van der Waals surface area contributed by atoms with E-state index in [4.69, 9.17) is 10.5 Å². The molecule has 3 rings (SSSR count). The van der Waals surface area contributed by atoms with Gasteiger partial charge in [0.1, 0.15) is 6.10 Å². The van der Waals surface area contributed by atoms with Crippen LogP contribution in [0.15, 0.2) is 23.3 Å². The molecule has 7 nitrogen and oxygen atoms in total. The summed E-state index contributed by atoms with van der Waals surface area (Å²) >= 11 is 0. The van der Waals surface area contributed by atoms with E-state index in [9.17, 15) is 4.79 Å². The van der Waals surface area contributed by atoms with Crippen LogP contribution in [0.2, 0.25) is 0 Å². The van der Waals surface area contributed by atoms with Crippen LogP contribution in [0.25, 0.3) is 0 Å². The van der Waals surface area contributed by atoms with E-state index in [1.54, 1.807) is 7.05 Å². The Balaban J connectivity index is 1.53. The highest BCUT2D eigenvalue weighted by atomic mass is 16.5. The maximum Gasteiger partial charge on any atom is 0.217 e. The number of hydrogen-bond acceptors (Lipinski definition) is 4. The summed E-state index contributed by atoms with van der Waals surface area (Å²) < 4.78 is 6.07. The molecule has 0 aromatic carbocycles. The second kappa shape index (κ2) is 10.3. The molecule has 154 valence electrons. The molecule has 2 fully saturated rings. The molecule has 1 aliphatic carbocycles. The topological polar surface area (TPSA) is 92.8 Å². The zero-order chi connectivity index (χ0) is 19.8. The van der Waals surface area contributed by atoms with E-state index in [-0.39, 0.29) is 5.91 Å². The van der Waals surface area contributed by atoms with Gasteiger partial charge in [-0.25, -0.2) is 4.98 Å². The molecular formula is C21H33N5O2. The number of hydrogen-bond donors (Lipinski definition) is 2. The summed E-state index contributed by atoms with van der Waals surface area (Å²) in [6.45, 7) is 2.42. The minimum Gasteiger partial charge on any atom is -0.474 e. The summed E-state index contributed by atoms with van der Waals surface area (Å²) in [5.74, 6) is 1.65. The van der Waals surface area contributed by atoms with Crippen molar-refractivity contribution in [2.24, 2.45) is 16.6 Å². The number of nitrogens with zero attached hydrogens (tertiary/aromatic N) is 3. The van der Waals surface area contributed by atoms with Crippen LogP contribution in [0.1, 0.15) is 56.9 Å². The molecule has 1 saturated heterocycles. The number of aliphatic imine (C=N–C) groups is 1. The number of nitrogens with one attached hydrogen (secondary N) is 1. The third-order valence-corrected chi connectivity index (χ3v) is 5.61. The van der Waals surface area contributed by atoms with Gasteiger partial charge in [-0.2, -0.15) is 0 Å². The molecule has 0 radical (unpaired) electrons. The van der Waals surface area contributed by atoms with Crippen LogP contribution in [0.4, 0.5) is 0 Å². The van der Waals surface area contributed by atoms with Crippen LogP contribution < -0.4 is 15.8 Å². The number of likely N-dealkylation sites (tertiary alicyclic amines) is 1. The molecule has 1 atom stereocenters. The highest BCUT2D eigenvalue weighted by Gasteiger charge is 2.23. The lowest BCUT2D eigenvalue weighted by molar-refractivity contribution is -0.119. The Bertz CT molecular complexity index is 673. The number of carbonyl (C=O) groups excluding carboxylic acids is 1. The number of ether oxygens (including phenoxy) is 1. The molecule has 28 heavy (non-hydrogen) atoms. The summed E-state index contributed by atoms with van der Waals surface area (Å²) in [7, 11) is 1.80. The average Bonchev–Trinajstić information content (AvgIpc) is 2.69. The Hall–Kier alpha value is -2.31. The van der Waals surface area contributed by atoms with Gasteiger partial charge in [-0.3, -0.25) is 9.79 Å². The largest absolute Gasteiger partial charge is 0.474 e. The van der Waals surface area contributed by atoms with Crippen molar-refractivity contribution in [3.8, 4) is 5.88 Å². The molecular weight excluding hydrogens is 354 g/mol. The van der Waals surface area contributed by atoms with Crippen molar-refractivity contribution in [3.63, 3.8) is 0 Å². The minimum absolute atomic E-state index is 0.225. The van der Waals surface area contributed by atoms with Gasteiger partial charge in [0.25, 0.3) is 0 Å². The number of amides is 1. The molecule has 1 unspecified atom stereocenters. The fourth-order valence-electron chi connectivity index (χ4n) is 4.20. The lowest BCUT2D eigenvalue weighted by Gasteiger charge is -2.34.